The van der Waals surface area contributed by atoms with Crippen LogP contribution in [0, 0.1) is 5.82 Å². The summed E-state index contributed by atoms with van der Waals surface area (Å²) in [4.78, 5) is 2.05. The van der Waals surface area contributed by atoms with Crippen molar-refractivity contribution in [1.29, 1.82) is 0 Å². The minimum Gasteiger partial charge on any atom is -0.394 e. The Morgan fingerprint density at radius 1 is 1.03 bits per heavy atom. The highest BCUT2D eigenvalue weighted by atomic mass is 32.1. The average Bonchev–Trinajstić information content (AvgIpc) is 3.32. The van der Waals surface area contributed by atoms with E-state index in [0.29, 0.717) is 12.0 Å². The maximum atomic E-state index is 13.3. The molecule has 0 amide bonds. The minimum atomic E-state index is -1.79. The van der Waals surface area contributed by atoms with Crippen molar-refractivity contribution in [3.63, 3.8) is 0 Å². The van der Waals surface area contributed by atoms with Crippen molar-refractivity contribution in [2.75, 3.05) is 13.7 Å². The Morgan fingerprint density at radius 3 is 2.41 bits per heavy atom. The van der Waals surface area contributed by atoms with Gasteiger partial charge in [-0.15, -0.1) is 11.3 Å². The molecule has 0 spiro atoms. The Bertz CT molecular complexity index is 1120. The fourth-order valence-electron chi connectivity index (χ4n) is 4.30. The van der Waals surface area contributed by atoms with Crippen molar-refractivity contribution in [2.45, 2.75) is 43.2 Å². The summed E-state index contributed by atoms with van der Waals surface area (Å²) < 4.78 is 24.6. The summed E-state index contributed by atoms with van der Waals surface area (Å²) in [5.41, 5.74) is 9.08. The van der Waals surface area contributed by atoms with Gasteiger partial charge in [0.05, 0.1) is 6.61 Å². The number of thiophene rings is 1. The number of nitrogens with two attached hydrogens (primary N) is 1. The molecule has 1 aromatic heterocycles. The predicted octanol–water partition coefficient (Wildman–Crippen LogP) is 1.88. The van der Waals surface area contributed by atoms with E-state index in [1.54, 1.807) is 41.7 Å². The van der Waals surface area contributed by atoms with Gasteiger partial charge in [-0.1, -0.05) is 24.3 Å². The molecule has 5 atom stereocenters. The summed E-state index contributed by atoms with van der Waals surface area (Å²) in [5, 5.41) is 40.9. The Balaban J connectivity index is 1.68. The monoisotopic (exact) mass is 489 g/mol. The van der Waals surface area contributed by atoms with Gasteiger partial charge in [-0.25, -0.2) is 4.39 Å². The number of ether oxygens (including phenoxy) is 2. The van der Waals surface area contributed by atoms with E-state index in [9.17, 15) is 24.8 Å². The molecule has 0 saturated carbocycles. The molecule has 34 heavy (non-hydrogen) atoms. The molecule has 0 radical (unpaired) electrons. The fourth-order valence-corrected chi connectivity index (χ4v) is 5.34. The van der Waals surface area contributed by atoms with Crippen molar-refractivity contribution in [2.24, 2.45) is 5.73 Å². The molecule has 3 aromatic rings. The van der Waals surface area contributed by atoms with E-state index in [-0.39, 0.29) is 12.4 Å². The first-order valence-electron chi connectivity index (χ1n) is 10.9. The van der Waals surface area contributed by atoms with Crippen LogP contribution in [0.15, 0.2) is 54.6 Å². The van der Waals surface area contributed by atoms with Gasteiger partial charge >= 0.3 is 0 Å². The van der Waals surface area contributed by atoms with E-state index in [2.05, 4.69) is 0 Å². The molecule has 182 valence electrons. The maximum Gasteiger partial charge on any atom is 0.224 e. The van der Waals surface area contributed by atoms with Gasteiger partial charge < -0.3 is 35.6 Å². The van der Waals surface area contributed by atoms with Crippen LogP contribution >= 0.6 is 11.3 Å². The van der Waals surface area contributed by atoms with E-state index >= 15 is 0 Å². The van der Waals surface area contributed by atoms with Crippen LogP contribution in [-0.2, 0) is 28.2 Å². The van der Waals surface area contributed by atoms with Gasteiger partial charge in [0.2, 0.25) is 5.79 Å². The fraction of sp³-hybridized carbons (Fsp3) is 0.360. The first-order valence-corrected chi connectivity index (χ1v) is 11.7. The van der Waals surface area contributed by atoms with Gasteiger partial charge in [-0.05, 0) is 47.0 Å². The van der Waals surface area contributed by atoms with Gasteiger partial charge in [0.15, 0.2) is 0 Å². The summed E-state index contributed by atoms with van der Waals surface area (Å²) >= 11 is 1.58. The van der Waals surface area contributed by atoms with Crippen molar-refractivity contribution >= 4 is 11.3 Å². The summed E-state index contributed by atoms with van der Waals surface area (Å²) in [7, 11) is 1.33. The van der Waals surface area contributed by atoms with E-state index in [1.165, 1.54) is 19.2 Å². The first-order chi connectivity index (χ1) is 16.3. The topological polar surface area (TPSA) is 125 Å². The molecular formula is C25H28FNO6S. The number of benzene rings is 2. The Hall–Kier alpha value is -2.21. The van der Waals surface area contributed by atoms with E-state index in [1.807, 2.05) is 12.1 Å². The molecule has 1 unspecified atom stereocenters. The minimum absolute atomic E-state index is 0.287. The molecule has 4 rings (SSSR count). The second-order valence-corrected chi connectivity index (χ2v) is 9.44. The average molecular weight is 490 g/mol. The van der Waals surface area contributed by atoms with Crippen molar-refractivity contribution in [3.05, 3.63) is 82.0 Å². The normalized spacial score (nSPS) is 27.1. The Labute approximate surface area is 200 Å². The zero-order chi connectivity index (χ0) is 24.5. The molecule has 6 N–H and O–H groups in total. The summed E-state index contributed by atoms with van der Waals surface area (Å²) in [6.45, 7) is -0.277. The van der Waals surface area contributed by atoms with Crippen LogP contribution in [0.25, 0.3) is 10.4 Å². The first kappa shape index (κ1) is 24.9. The quantitative estimate of drug-likeness (QED) is 0.343. The second kappa shape index (κ2) is 10.2. The SMILES string of the molecule is COC1(c2ccc(CN)c(Cc3ccc(-c4ccc(F)cc4)s3)c2)O[C@H](CO)[C@@H](O)[C@H](O)[C@H]1O. The lowest BCUT2D eigenvalue weighted by Gasteiger charge is -2.47. The molecule has 2 heterocycles. The number of halogens is 1. The van der Waals surface area contributed by atoms with Gasteiger partial charge in [0.1, 0.15) is 30.2 Å². The number of methoxy groups -OCH3 is 1. The third kappa shape index (κ3) is 4.53. The molecule has 9 heteroatoms. The van der Waals surface area contributed by atoms with Crippen LogP contribution in [0.4, 0.5) is 4.39 Å². The number of rotatable bonds is 7. The zero-order valence-corrected chi connectivity index (χ0v) is 19.4. The number of hydrogen-bond acceptors (Lipinski definition) is 8. The lowest BCUT2D eigenvalue weighted by atomic mass is 9.86. The summed E-state index contributed by atoms with van der Waals surface area (Å²) in [6, 6.07) is 15.6. The molecular weight excluding hydrogens is 461 g/mol. The summed E-state index contributed by atoms with van der Waals surface area (Å²) in [6.07, 6.45) is -5.26. The third-order valence-electron chi connectivity index (χ3n) is 6.24. The number of aliphatic hydroxyl groups excluding tert-OH is 4. The lowest BCUT2D eigenvalue weighted by molar-refractivity contribution is -0.366. The van der Waals surface area contributed by atoms with E-state index < -0.39 is 36.8 Å². The highest BCUT2D eigenvalue weighted by Gasteiger charge is 2.55. The Morgan fingerprint density at radius 2 is 1.76 bits per heavy atom. The van der Waals surface area contributed by atoms with Crippen molar-refractivity contribution < 1.29 is 34.3 Å². The summed E-state index contributed by atoms with van der Waals surface area (Å²) in [5.74, 6) is -2.08. The van der Waals surface area contributed by atoms with Gasteiger partial charge in [0.25, 0.3) is 0 Å². The van der Waals surface area contributed by atoms with Crippen LogP contribution in [-0.4, -0.2) is 58.6 Å². The van der Waals surface area contributed by atoms with Gasteiger partial charge in [0, 0.05) is 35.4 Å². The van der Waals surface area contributed by atoms with Gasteiger partial charge in [-0.3, -0.25) is 0 Å². The van der Waals surface area contributed by atoms with Crippen LogP contribution in [0.3, 0.4) is 0 Å². The van der Waals surface area contributed by atoms with Crippen molar-refractivity contribution in [1.82, 2.24) is 0 Å². The number of aliphatic hydroxyl groups is 4. The van der Waals surface area contributed by atoms with Crippen molar-refractivity contribution in [3.8, 4) is 10.4 Å². The lowest BCUT2D eigenvalue weighted by Crippen LogP contribution is -2.64. The van der Waals surface area contributed by atoms with E-state index in [4.69, 9.17) is 15.2 Å². The van der Waals surface area contributed by atoms with Crippen LogP contribution in [0.2, 0.25) is 0 Å². The largest absolute Gasteiger partial charge is 0.394 e. The van der Waals surface area contributed by atoms with E-state index in [0.717, 1.165) is 26.4 Å². The molecule has 1 aliphatic heterocycles. The molecule has 7 nitrogen and oxygen atoms in total. The second-order valence-electron chi connectivity index (χ2n) is 8.27. The molecule has 0 aliphatic carbocycles. The maximum absolute atomic E-state index is 13.3. The highest BCUT2D eigenvalue weighted by molar-refractivity contribution is 7.15. The highest BCUT2D eigenvalue weighted by Crippen LogP contribution is 2.40. The third-order valence-corrected chi connectivity index (χ3v) is 7.37. The Kier molecular flexibility index (Phi) is 7.46. The zero-order valence-electron chi connectivity index (χ0n) is 18.6. The standard InChI is InChI=1S/C25H28FNO6S/c1-32-25(24(31)23(30)22(29)20(13-28)33-25)17-5-2-15(12-27)16(10-17)11-19-8-9-21(34-19)14-3-6-18(26)7-4-14/h2-10,20,22-24,28-31H,11-13,27H2,1H3/t20-,22-,23+,24-,25?/m1/s1. The molecule has 1 aliphatic rings. The molecule has 2 aromatic carbocycles. The molecule has 1 saturated heterocycles. The molecule has 0 bridgehead atoms. The van der Waals surface area contributed by atoms with Crippen LogP contribution in [0.5, 0.6) is 0 Å². The van der Waals surface area contributed by atoms with Gasteiger partial charge in [-0.2, -0.15) is 0 Å². The van der Waals surface area contributed by atoms with Crippen LogP contribution in [0.1, 0.15) is 21.6 Å². The smallest absolute Gasteiger partial charge is 0.224 e. The molecule has 1 fully saturated rings. The number of hydrogen-bond donors (Lipinski definition) is 5. The van der Waals surface area contributed by atoms with Crippen LogP contribution < -0.4 is 5.73 Å². The predicted molar refractivity (Wildman–Crippen MR) is 126 cm³/mol.